The third-order valence-electron chi connectivity index (χ3n) is 3.34. The van der Waals surface area contributed by atoms with Crippen molar-refractivity contribution in [2.75, 3.05) is 18.5 Å². The zero-order chi connectivity index (χ0) is 13.5. The Labute approximate surface area is 117 Å². The molecule has 0 atom stereocenters. The molecule has 19 heavy (non-hydrogen) atoms. The minimum atomic E-state index is -0.370. The van der Waals surface area contributed by atoms with Gasteiger partial charge < -0.3 is 10.1 Å². The van der Waals surface area contributed by atoms with E-state index in [1.807, 2.05) is 0 Å². The lowest BCUT2D eigenvalue weighted by atomic mass is 9.98. The number of H-pyrrole nitrogens is 1. The topological polar surface area (TPSA) is 67.0 Å². The molecule has 0 amide bonds. The molecule has 0 aliphatic heterocycles. The molecule has 0 saturated heterocycles. The molecular formula is C13H20ClN3O2. The Kier molecular flexibility index (Phi) is 5.66. The van der Waals surface area contributed by atoms with Crippen molar-refractivity contribution in [1.29, 1.82) is 0 Å². The molecule has 1 aromatic heterocycles. The molecule has 0 unspecified atom stereocenters. The largest absolute Gasteiger partial charge is 0.382 e. The summed E-state index contributed by atoms with van der Waals surface area (Å²) in [6.07, 6.45) is 9.15. The molecule has 0 radical (unpaired) electrons. The van der Waals surface area contributed by atoms with Crippen LogP contribution in [-0.4, -0.2) is 29.5 Å². The molecule has 0 aromatic carbocycles. The summed E-state index contributed by atoms with van der Waals surface area (Å²) in [4.78, 5) is 11.2. The van der Waals surface area contributed by atoms with Crippen LogP contribution in [0, 0.1) is 0 Å². The highest BCUT2D eigenvalue weighted by molar-refractivity contribution is 6.32. The summed E-state index contributed by atoms with van der Waals surface area (Å²) in [5, 5.41) is 9.24. The van der Waals surface area contributed by atoms with Crippen LogP contribution in [0.4, 0.5) is 5.69 Å². The number of hydrogen-bond donors (Lipinski definition) is 2. The number of nitrogens with one attached hydrogen (secondary N) is 2. The molecule has 2 N–H and O–H groups in total. The smallest absolute Gasteiger partial charge is 0.285 e. The van der Waals surface area contributed by atoms with Gasteiger partial charge in [0.15, 0.2) is 0 Å². The van der Waals surface area contributed by atoms with Crippen molar-refractivity contribution in [2.24, 2.45) is 0 Å². The lowest BCUT2D eigenvalue weighted by Crippen LogP contribution is -2.18. The molecule has 1 aliphatic carbocycles. The zero-order valence-corrected chi connectivity index (χ0v) is 11.7. The number of hydrogen-bond acceptors (Lipinski definition) is 4. The van der Waals surface area contributed by atoms with Gasteiger partial charge >= 0.3 is 0 Å². The van der Waals surface area contributed by atoms with Crippen LogP contribution in [0.3, 0.4) is 0 Å². The maximum absolute atomic E-state index is 11.2. The lowest BCUT2D eigenvalue weighted by Gasteiger charge is -2.22. The first-order valence-electron chi connectivity index (χ1n) is 6.86. The van der Waals surface area contributed by atoms with E-state index in [0.29, 0.717) is 11.8 Å². The molecule has 1 saturated carbocycles. The van der Waals surface area contributed by atoms with Gasteiger partial charge in [0.2, 0.25) is 0 Å². The lowest BCUT2D eigenvalue weighted by molar-refractivity contribution is 0.0284. The van der Waals surface area contributed by atoms with Crippen molar-refractivity contribution in [3.63, 3.8) is 0 Å². The molecule has 2 rings (SSSR count). The fourth-order valence-electron chi connectivity index (χ4n) is 2.28. The standard InChI is InChI=1S/C13H20ClN3O2/c14-12-11(9-16-17-13(12)18)15-7-4-8-19-10-5-2-1-3-6-10/h9-10H,1-8H2,(H2,15,17,18). The maximum Gasteiger partial charge on any atom is 0.285 e. The number of ether oxygens (including phenoxy) is 1. The van der Waals surface area contributed by atoms with Gasteiger partial charge in [0, 0.05) is 13.2 Å². The monoisotopic (exact) mass is 285 g/mol. The predicted molar refractivity (Wildman–Crippen MR) is 75.8 cm³/mol. The van der Waals surface area contributed by atoms with Crippen molar-refractivity contribution in [2.45, 2.75) is 44.6 Å². The van der Waals surface area contributed by atoms with Gasteiger partial charge in [0.25, 0.3) is 5.56 Å². The van der Waals surface area contributed by atoms with Crippen molar-refractivity contribution < 1.29 is 4.74 Å². The van der Waals surface area contributed by atoms with Crippen LogP contribution in [-0.2, 0) is 4.74 Å². The molecule has 0 bridgehead atoms. The van der Waals surface area contributed by atoms with Crippen molar-refractivity contribution in [3.8, 4) is 0 Å². The van der Waals surface area contributed by atoms with Crippen molar-refractivity contribution in [3.05, 3.63) is 21.6 Å². The SMILES string of the molecule is O=c1[nH]ncc(NCCCOC2CCCCC2)c1Cl. The summed E-state index contributed by atoms with van der Waals surface area (Å²) in [7, 11) is 0. The number of rotatable bonds is 6. The fourth-order valence-corrected chi connectivity index (χ4v) is 2.44. The maximum atomic E-state index is 11.2. The second-order valence-electron chi connectivity index (χ2n) is 4.84. The summed E-state index contributed by atoms with van der Waals surface area (Å²) in [6.45, 7) is 1.46. The molecule has 1 heterocycles. The van der Waals surface area contributed by atoms with Gasteiger partial charge in [-0.15, -0.1) is 0 Å². The van der Waals surface area contributed by atoms with Crippen molar-refractivity contribution in [1.82, 2.24) is 10.2 Å². The normalized spacial score (nSPS) is 16.5. The summed E-state index contributed by atoms with van der Waals surface area (Å²) < 4.78 is 5.82. The molecule has 1 fully saturated rings. The van der Waals surface area contributed by atoms with Crippen molar-refractivity contribution >= 4 is 17.3 Å². The third-order valence-corrected chi connectivity index (χ3v) is 3.71. The Hall–Kier alpha value is -1.07. The average molecular weight is 286 g/mol. The molecule has 106 valence electrons. The Balaban J connectivity index is 1.63. The highest BCUT2D eigenvalue weighted by Crippen LogP contribution is 2.20. The van der Waals surface area contributed by atoms with Crippen LogP contribution >= 0.6 is 11.6 Å². The second kappa shape index (κ2) is 7.50. The number of aromatic nitrogens is 2. The highest BCUT2D eigenvalue weighted by atomic mass is 35.5. The van der Waals surface area contributed by atoms with Gasteiger partial charge in [-0.3, -0.25) is 4.79 Å². The molecule has 1 aromatic rings. The molecule has 5 nitrogen and oxygen atoms in total. The molecule has 6 heteroatoms. The van der Waals surface area contributed by atoms with E-state index in [2.05, 4.69) is 15.5 Å². The van der Waals surface area contributed by atoms with Crippen LogP contribution in [0.25, 0.3) is 0 Å². The van der Waals surface area contributed by atoms with E-state index < -0.39 is 0 Å². The highest BCUT2D eigenvalue weighted by Gasteiger charge is 2.13. The number of halogens is 1. The van der Waals surface area contributed by atoms with Crippen LogP contribution in [0.5, 0.6) is 0 Å². The molecular weight excluding hydrogens is 266 g/mol. The van der Waals surface area contributed by atoms with Crippen LogP contribution in [0.1, 0.15) is 38.5 Å². The van der Waals surface area contributed by atoms with Gasteiger partial charge in [-0.05, 0) is 19.3 Å². The Morgan fingerprint density at radius 1 is 1.42 bits per heavy atom. The van der Waals surface area contributed by atoms with Crippen LogP contribution in [0.2, 0.25) is 5.02 Å². The van der Waals surface area contributed by atoms with E-state index in [1.165, 1.54) is 38.3 Å². The summed E-state index contributed by atoms with van der Waals surface area (Å²) >= 11 is 5.85. The minimum Gasteiger partial charge on any atom is -0.382 e. The fraction of sp³-hybridized carbons (Fsp3) is 0.692. The Morgan fingerprint density at radius 3 is 3.00 bits per heavy atom. The first-order chi connectivity index (χ1) is 9.27. The number of aromatic amines is 1. The summed E-state index contributed by atoms with van der Waals surface area (Å²) in [6, 6.07) is 0. The number of anilines is 1. The van der Waals surface area contributed by atoms with Gasteiger partial charge in [-0.2, -0.15) is 5.10 Å². The minimum absolute atomic E-state index is 0.156. The molecule has 1 aliphatic rings. The second-order valence-corrected chi connectivity index (χ2v) is 5.22. The summed E-state index contributed by atoms with van der Waals surface area (Å²) in [5.74, 6) is 0. The Morgan fingerprint density at radius 2 is 2.21 bits per heavy atom. The number of nitrogens with zero attached hydrogens (tertiary/aromatic N) is 1. The predicted octanol–water partition coefficient (Wildman–Crippen LogP) is 2.57. The zero-order valence-electron chi connectivity index (χ0n) is 11.0. The Bertz CT molecular complexity index is 444. The van der Waals surface area contributed by atoms with Gasteiger partial charge in [0.1, 0.15) is 5.02 Å². The van der Waals surface area contributed by atoms with E-state index in [1.54, 1.807) is 0 Å². The first kappa shape index (κ1) is 14.3. The van der Waals surface area contributed by atoms with Gasteiger partial charge in [-0.1, -0.05) is 30.9 Å². The van der Waals surface area contributed by atoms with Gasteiger partial charge in [0.05, 0.1) is 18.0 Å². The van der Waals surface area contributed by atoms with Gasteiger partial charge in [-0.25, -0.2) is 5.10 Å². The van der Waals surface area contributed by atoms with E-state index >= 15 is 0 Å². The summed E-state index contributed by atoms with van der Waals surface area (Å²) in [5.41, 5.74) is 0.202. The quantitative estimate of drug-likeness (QED) is 0.789. The van der Waals surface area contributed by atoms with E-state index in [9.17, 15) is 4.79 Å². The third kappa shape index (κ3) is 4.51. The van der Waals surface area contributed by atoms with E-state index in [0.717, 1.165) is 19.6 Å². The van der Waals surface area contributed by atoms with Crippen LogP contribution < -0.4 is 10.9 Å². The molecule has 0 spiro atoms. The van der Waals surface area contributed by atoms with Crippen LogP contribution in [0.15, 0.2) is 11.0 Å². The first-order valence-corrected chi connectivity index (χ1v) is 7.24. The average Bonchev–Trinajstić information content (AvgIpc) is 2.44. The van der Waals surface area contributed by atoms with E-state index in [-0.39, 0.29) is 10.6 Å². The van der Waals surface area contributed by atoms with E-state index in [4.69, 9.17) is 16.3 Å².